The number of carboxylic acids is 1. The lowest BCUT2D eigenvalue weighted by atomic mass is 10.0. The van der Waals surface area contributed by atoms with Crippen LogP contribution in [0.5, 0.6) is 0 Å². The minimum absolute atomic E-state index is 0.0298. The maximum Gasteiger partial charge on any atom is 0.339 e. The van der Waals surface area contributed by atoms with Crippen molar-refractivity contribution in [3.8, 4) is 0 Å². The molecular formula is C10H7F4NO3. The SMILES string of the molecule is CCNC(=O)c1c(F)c(F)c(F)c(F)c1C(=O)O. The van der Waals surface area contributed by atoms with Crippen molar-refractivity contribution in [2.75, 3.05) is 6.54 Å². The number of nitrogens with one attached hydrogen (secondary N) is 1. The summed E-state index contributed by atoms with van der Waals surface area (Å²) in [5, 5.41) is 10.6. The van der Waals surface area contributed by atoms with Crippen molar-refractivity contribution in [3.63, 3.8) is 0 Å². The molecule has 1 rings (SSSR count). The van der Waals surface area contributed by atoms with E-state index in [2.05, 4.69) is 0 Å². The molecule has 0 saturated carbocycles. The van der Waals surface area contributed by atoms with E-state index in [1.54, 1.807) is 0 Å². The van der Waals surface area contributed by atoms with E-state index < -0.39 is 46.3 Å². The zero-order valence-corrected chi connectivity index (χ0v) is 8.98. The van der Waals surface area contributed by atoms with Gasteiger partial charge in [-0.25, -0.2) is 22.4 Å². The van der Waals surface area contributed by atoms with E-state index in [4.69, 9.17) is 5.11 Å². The van der Waals surface area contributed by atoms with Crippen molar-refractivity contribution in [1.82, 2.24) is 5.32 Å². The lowest BCUT2D eigenvalue weighted by Crippen LogP contribution is -2.28. The topological polar surface area (TPSA) is 66.4 Å². The Morgan fingerprint density at radius 3 is 1.83 bits per heavy atom. The molecule has 0 radical (unpaired) electrons. The second-order valence-corrected chi connectivity index (χ2v) is 3.17. The minimum Gasteiger partial charge on any atom is -0.478 e. The number of hydrogen-bond donors (Lipinski definition) is 2. The highest BCUT2D eigenvalue weighted by atomic mass is 19.2. The van der Waals surface area contributed by atoms with Crippen LogP contribution < -0.4 is 5.32 Å². The molecule has 0 aliphatic heterocycles. The molecule has 0 aliphatic rings. The lowest BCUT2D eigenvalue weighted by molar-refractivity contribution is 0.0682. The minimum atomic E-state index is -2.28. The summed E-state index contributed by atoms with van der Waals surface area (Å²) in [6, 6.07) is 0. The molecule has 0 fully saturated rings. The fourth-order valence-corrected chi connectivity index (χ4v) is 1.29. The summed E-state index contributed by atoms with van der Waals surface area (Å²) in [6.45, 7) is 1.39. The zero-order valence-electron chi connectivity index (χ0n) is 8.98. The third kappa shape index (κ3) is 2.13. The van der Waals surface area contributed by atoms with Gasteiger partial charge in [0.25, 0.3) is 5.91 Å². The Morgan fingerprint density at radius 2 is 1.44 bits per heavy atom. The van der Waals surface area contributed by atoms with Gasteiger partial charge in [-0.05, 0) is 6.92 Å². The molecule has 0 spiro atoms. The second kappa shape index (κ2) is 5.03. The van der Waals surface area contributed by atoms with Crippen molar-refractivity contribution in [1.29, 1.82) is 0 Å². The molecule has 1 amide bonds. The maximum atomic E-state index is 13.3. The van der Waals surface area contributed by atoms with Gasteiger partial charge in [0.05, 0.1) is 5.56 Å². The quantitative estimate of drug-likeness (QED) is 0.496. The molecule has 8 heteroatoms. The largest absolute Gasteiger partial charge is 0.478 e. The highest BCUT2D eigenvalue weighted by Gasteiger charge is 2.32. The first-order valence-electron chi connectivity index (χ1n) is 4.70. The van der Waals surface area contributed by atoms with Crippen molar-refractivity contribution in [2.45, 2.75) is 6.92 Å². The van der Waals surface area contributed by atoms with Gasteiger partial charge in [-0.2, -0.15) is 0 Å². The predicted molar refractivity (Wildman–Crippen MR) is 51.2 cm³/mol. The van der Waals surface area contributed by atoms with E-state index >= 15 is 0 Å². The molecule has 18 heavy (non-hydrogen) atoms. The van der Waals surface area contributed by atoms with Gasteiger partial charge in [0, 0.05) is 6.54 Å². The molecule has 2 N–H and O–H groups in total. The molecule has 4 nitrogen and oxygen atoms in total. The van der Waals surface area contributed by atoms with E-state index in [1.807, 2.05) is 5.32 Å². The Bertz CT molecular complexity index is 531. The Morgan fingerprint density at radius 1 is 1.00 bits per heavy atom. The summed E-state index contributed by atoms with van der Waals surface area (Å²) in [5.74, 6) is -12.1. The monoisotopic (exact) mass is 265 g/mol. The molecular weight excluding hydrogens is 258 g/mol. The molecule has 98 valence electrons. The first-order chi connectivity index (χ1) is 8.32. The lowest BCUT2D eigenvalue weighted by Gasteiger charge is -2.10. The number of carbonyl (C=O) groups excluding carboxylic acids is 1. The van der Waals surface area contributed by atoms with Gasteiger partial charge in [0.2, 0.25) is 0 Å². The van der Waals surface area contributed by atoms with Gasteiger partial charge in [0.1, 0.15) is 5.56 Å². The van der Waals surface area contributed by atoms with Crippen LogP contribution in [0.3, 0.4) is 0 Å². The van der Waals surface area contributed by atoms with Crippen LogP contribution in [0.25, 0.3) is 0 Å². The highest BCUT2D eigenvalue weighted by Crippen LogP contribution is 2.24. The summed E-state index contributed by atoms with van der Waals surface area (Å²) in [4.78, 5) is 22.0. The summed E-state index contributed by atoms with van der Waals surface area (Å²) in [6.07, 6.45) is 0. The van der Waals surface area contributed by atoms with Crippen LogP contribution in [0.1, 0.15) is 27.6 Å². The van der Waals surface area contributed by atoms with Gasteiger partial charge in [-0.3, -0.25) is 4.79 Å². The normalized spacial score (nSPS) is 10.3. The van der Waals surface area contributed by atoms with Crippen molar-refractivity contribution >= 4 is 11.9 Å². The van der Waals surface area contributed by atoms with Crippen LogP contribution in [0.2, 0.25) is 0 Å². The maximum absolute atomic E-state index is 13.3. The summed E-state index contributed by atoms with van der Waals surface area (Å²) in [5.41, 5.74) is -2.92. The number of amides is 1. The van der Waals surface area contributed by atoms with Gasteiger partial charge in [-0.15, -0.1) is 0 Å². The third-order valence-electron chi connectivity index (χ3n) is 2.05. The Balaban J connectivity index is 3.67. The van der Waals surface area contributed by atoms with Gasteiger partial charge in [-0.1, -0.05) is 0 Å². The molecule has 0 bridgehead atoms. The van der Waals surface area contributed by atoms with Crippen LogP contribution in [-0.2, 0) is 0 Å². The third-order valence-corrected chi connectivity index (χ3v) is 2.05. The Labute approximate surface area is 98.2 Å². The number of rotatable bonds is 3. The first-order valence-corrected chi connectivity index (χ1v) is 4.70. The van der Waals surface area contributed by atoms with Crippen LogP contribution in [0.15, 0.2) is 0 Å². The highest BCUT2D eigenvalue weighted by molar-refractivity contribution is 6.05. The number of benzene rings is 1. The molecule has 0 aliphatic carbocycles. The second-order valence-electron chi connectivity index (χ2n) is 3.17. The van der Waals surface area contributed by atoms with E-state index in [9.17, 15) is 27.2 Å². The van der Waals surface area contributed by atoms with Crippen molar-refractivity contribution in [2.24, 2.45) is 0 Å². The fraction of sp³-hybridized carbons (Fsp3) is 0.200. The molecule has 0 heterocycles. The molecule has 0 aromatic heterocycles. The molecule has 0 atom stereocenters. The predicted octanol–water partition coefficient (Wildman–Crippen LogP) is 1.69. The summed E-state index contributed by atoms with van der Waals surface area (Å²) in [7, 11) is 0. The number of halogens is 4. The van der Waals surface area contributed by atoms with Crippen molar-refractivity contribution in [3.05, 3.63) is 34.4 Å². The van der Waals surface area contributed by atoms with Gasteiger partial charge < -0.3 is 10.4 Å². The fourth-order valence-electron chi connectivity index (χ4n) is 1.29. The number of hydrogen-bond acceptors (Lipinski definition) is 2. The molecule has 0 unspecified atom stereocenters. The van der Waals surface area contributed by atoms with Gasteiger partial charge in [0.15, 0.2) is 23.3 Å². The van der Waals surface area contributed by atoms with E-state index in [0.717, 1.165) is 0 Å². The van der Waals surface area contributed by atoms with Crippen LogP contribution in [-0.4, -0.2) is 23.5 Å². The van der Waals surface area contributed by atoms with Crippen molar-refractivity contribution < 1.29 is 32.3 Å². The van der Waals surface area contributed by atoms with Crippen LogP contribution in [0.4, 0.5) is 17.6 Å². The van der Waals surface area contributed by atoms with E-state index in [1.165, 1.54) is 6.92 Å². The summed E-state index contributed by atoms with van der Waals surface area (Å²) < 4.78 is 52.3. The van der Waals surface area contributed by atoms with Gasteiger partial charge >= 0.3 is 5.97 Å². The number of carboxylic acid groups (broad SMARTS) is 1. The van der Waals surface area contributed by atoms with Crippen LogP contribution >= 0.6 is 0 Å². The Hall–Kier alpha value is -2.12. The first kappa shape index (κ1) is 13.9. The zero-order chi connectivity index (χ0) is 14.0. The standard InChI is InChI=1S/C10H7F4NO3/c1-2-15-9(16)3-4(10(17)18)6(12)8(14)7(13)5(3)11/h2H2,1H3,(H,15,16)(H,17,18). The summed E-state index contributed by atoms with van der Waals surface area (Å²) >= 11 is 0. The molecule has 1 aromatic rings. The van der Waals surface area contributed by atoms with Crippen LogP contribution in [0, 0.1) is 23.3 Å². The smallest absolute Gasteiger partial charge is 0.339 e. The average Bonchev–Trinajstić information content (AvgIpc) is 2.30. The number of carbonyl (C=O) groups is 2. The number of aromatic carboxylic acids is 1. The molecule has 0 saturated heterocycles. The van der Waals surface area contributed by atoms with E-state index in [0.29, 0.717) is 0 Å². The Kier molecular flexibility index (Phi) is 3.89. The molecule has 1 aromatic carbocycles. The average molecular weight is 265 g/mol. The van der Waals surface area contributed by atoms with E-state index in [-0.39, 0.29) is 6.54 Å².